The average Bonchev–Trinajstić information content (AvgIpc) is 3.47. The molecule has 198 valence electrons. The van der Waals surface area contributed by atoms with Gasteiger partial charge in [-0.2, -0.15) is 10.1 Å². The van der Waals surface area contributed by atoms with Crippen LogP contribution in [0.1, 0.15) is 24.5 Å². The monoisotopic (exact) mass is 513 g/mol. The van der Waals surface area contributed by atoms with E-state index < -0.39 is 0 Å². The van der Waals surface area contributed by atoms with Gasteiger partial charge in [-0.1, -0.05) is 30.3 Å². The molecule has 2 aliphatic heterocycles. The molecule has 0 bridgehead atoms. The third-order valence-corrected chi connectivity index (χ3v) is 6.79. The van der Waals surface area contributed by atoms with Crippen LogP contribution in [-0.4, -0.2) is 82.5 Å². The van der Waals surface area contributed by atoms with E-state index in [2.05, 4.69) is 81.4 Å². The van der Waals surface area contributed by atoms with Crippen molar-refractivity contribution in [2.45, 2.75) is 19.8 Å². The van der Waals surface area contributed by atoms with E-state index in [1.54, 1.807) is 6.33 Å². The van der Waals surface area contributed by atoms with Gasteiger partial charge in [-0.05, 0) is 43.5 Å². The van der Waals surface area contributed by atoms with Crippen molar-refractivity contribution < 1.29 is 0 Å². The molecular weight excluding hydrogens is 478 g/mol. The number of anilines is 3. The lowest BCUT2D eigenvalue weighted by atomic mass is 10.1. The molecule has 3 aromatic rings. The molecule has 11 nitrogen and oxygen atoms in total. The normalized spacial score (nSPS) is 17.9. The Morgan fingerprint density at radius 2 is 1.79 bits per heavy atom. The van der Waals surface area contributed by atoms with Gasteiger partial charge in [0.05, 0.1) is 0 Å². The summed E-state index contributed by atoms with van der Waals surface area (Å²) in [6.07, 6.45) is 9.33. The highest BCUT2D eigenvalue weighted by Crippen LogP contribution is 2.17. The topological polar surface area (TPSA) is 111 Å². The standard InChI is InChI=1S/C27H35N11/c1-21(18-38(28-2)19-23-8-9-29-15-23)34-25-32-20-33-27(35-25)37-12-10-36(11-13-37)26-30-16-24(17-31-26)14-22-6-4-3-5-7-22/h3-7,16-18,20,23,29H,2,8-15,19H2,1H3,(H,32,33,34,35)/b21-18+. The van der Waals surface area contributed by atoms with Gasteiger partial charge in [0, 0.05) is 70.2 Å². The van der Waals surface area contributed by atoms with Crippen molar-refractivity contribution in [3.8, 4) is 0 Å². The molecule has 2 saturated heterocycles. The molecule has 0 saturated carbocycles. The Balaban J connectivity index is 1.14. The highest BCUT2D eigenvalue weighted by atomic mass is 15.4. The quantitative estimate of drug-likeness (QED) is 0.310. The van der Waals surface area contributed by atoms with Gasteiger partial charge in [-0.25, -0.2) is 19.9 Å². The van der Waals surface area contributed by atoms with Crippen molar-refractivity contribution >= 4 is 24.6 Å². The summed E-state index contributed by atoms with van der Waals surface area (Å²) >= 11 is 0. The summed E-state index contributed by atoms with van der Waals surface area (Å²) in [5.41, 5.74) is 3.25. The van der Waals surface area contributed by atoms with Gasteiger partial charge >= 0.3 is 0 Å². The third kappa shape index (κ3) is 6.80. The molecule has 0 spiro atoms. The van der Waals surface area contributed by atoms with Crippen LogP contribution in [0.3, 0.4) is 0 Å². The number of rotatable bonds is 10. The van der Waals surface area contributed by atoms with E-state index in [9.17, 15) is 0 Å². The summed E-state index contributed by atoms with van der Waals surface area (Å²) in [7, 11) is 0. The second-order valence-corrected chi connectivity index (χ2v) is 9.70. The summed E-state index contributed by atoms with van der Waals surface area (Å²) < 4.78 is 0. The highest BCUT2D eigenvalue weighted by molar-refractivity contribution is 5.42. The Bertz CT molecular complexity index is 1200. The van der Waals surface area contributed by atoms with Crippen LogP contribution in [0.4, 0.5) is 17.8 Å². The lowest BCUT2D eigenvalue weighted by Crippen LogP contribution is -2.47. The molecule has 2 aromatic heterocycles. The molecule has 11 heteroatoms. The number of hydrogen-bond acceptors (Lipinski definition) is 11. The van der Waals surface area contributed by atoms with E-state index in [4.69, 9.17) is 0 Å². The Morgan fingerprint density at radius 1 is 1.05 bits per heavy atom. The van der Waals surface area contributed by atoms with E-state index >= 15 is 0 Å². The van der Waals surface area contributed by atoms with Crippen LogP contribution in [-0.2, 0) is 6.42 Å². The zero-order valence-corrected chi connectivity index (χ0v) is 21.9. The summed E-state index contributed by atoms with van der Waals surface area (Å²) in [6, 6.07) is 10.4. The molecule has 1 atom stereocenters. The third-order valence-electron chi connectivity index (χ3n) is 6.79. The van der Waals surface area contributed by atoms with Gasteiger partial charge < -0.3 is 20.4 Å². The van der Waals surface area contributed by atoms with Crippen molar-refractivity contribution in [2.24, 2.45) is 11.0 Å². The maximum atomic E-state index is 4.65. The SMILES string of the molecule is C=NN(/C=C(\C)Nc1ncnc(N2CCN(c3ncc(Cc4ccccc4)cn3)CC2)n1)CC1CCNC1. The lowest BCUT2D eigenvalue weighted by Gasteiger charge is -2.34. The molecule has 2 N–H and O–H groups in total. The fourth-order valence-corrected chi connectivity index (χ4v) is 4.76. The molecule has 0 amide bonds. The molecule has 0 aliphatic carbocycles. The van der Waals surface area contributed by atoms with Crippen LogP contribution in [0, 0.1) is 5.92 Å². The van der Waals surface area contributed by atoms with E-state index in [0.717, 1.165) is 75.9 Å². The van der Waals surface area contributed by atoms with Crippen molar-refractivity contribution in [3.63, 3.8) is 0 Å². The first-order valence-corrected chi connectivity index (χ1v) is 13.1. The number of hydrogen-bond donors (Lipinski definition) is 2. The predicted octanol–water partition coefficient (Wildman–Crippen LogP) is 2.38. The number of nitrogens with one attached hydrogen (secondary N) is 2. The summed E-state index contributed by atoms with van der Waals surface area (Å²) in [5, 5.41) is 12.7. The molecule has 5 rings (SSSR count). The van der Waals surface area contributed by atoms with Crippen molar-refractivity contribution in [1.82, 2.24) is 35.2 Å². The number of allylic oxidation sites excluding steroid dienone is 1. The fourth-order valence-electron chi connectivity index (χ4n) is 4.76. The second-order valence-electron chi connectivity index (χ2n) is 9.70. The van der Waals surface area contributed by atoms with E-state index in [-0.39, 0.29) is 0 Å². The first-order chi connectivity index (χ1) is 18.7. The van der Waals surface area contributed by atoms with Gasteiger partial charge in [0.15, 0.2) is 0 Å². The van der Waals surface area contributed by atoms with E-state index in [1.165, 1.54) is 5.56 Å². The summed E-state index contributed by atoms with van der Waals surface area (Å²) in [5.74, 6) is 2.50. The largest absolute Gasteiger partial charge is 0.337 e. The Labute approximate surface area is 223 Å². The minimum atomic E-state index is 0.509. The highest BCUT2D eigenvalue weighted by Gasteiger charge is 2.21. The van der Waals surface area contributed by atoms with Crippen LogP contribution in [0.25, 0.3) is 0 Å². The first-order valence-electron chi connectivity index (χ1n) is 13.1. The van der Waals surface area contributed by atoms with Crippen molar-refractivity contribution in [1.29, 1.82) is 0 Å². The molecule has 2 fully saturated rings. The lowest BCUT2D eigenvalue weighted by molar-refractivity contribution is 0.333. The predicted molar refractivity (Wildman–Crippen MR) is 150 cm³/mol. The van der Waals surface area contributed by atoms with Gasteiger partial charge in [-0.15, -0.1) is 0 Å². The zero-order chi connectivity index (χ0) is 26.2. The smallest absolute Gasteiger partial charge is 0.231 e. The summed E-state index contributed by atoms with van der Waals surface area (Å²) in [6.45, 7) is 11.7. The van der Waals surface area contributed by atoms with Crippen LogP contribution in [0.2, 0.25) is 0 Å². The number of aromatic nitrogens is 5. The molecule has 4 heterocycles. The van der Waals surface area contributed by atoms with E-state index in [0.29, 0.717) is 17.8 Å². The van der Waals surface area contributed by atoms with Crippen molar-refractivity contribution in [2.75, 3.05) is 60.9 Å². The molecule has 0 radical (unpaired) electrons. The minimum absolute atomic E-state index is 0.509. The maximum Gasteiger partial charge on any atom is 0.231 e. The molecular formula is C27H35N11. The number of hydrazone groups is 1. The zero-order valence-electron chi connectivity index (χ0n) is 21.9. The van der Waals surface area contributed by atoms with Gasteiger partial charge in [0.2, 0.25) is 17.8 Å². The Hall–Kier alpha value is -4.12. The minimum Gasteiger partial charge on any atom is -0.337 e. The number of nitrogens with zero attached hydrogens (tertiary/aromatic N) is 9. The van der Waals surface area contributed by atoms with Crippen LogP contribution in [0.5, 0.6) is 0 Å². The molecule has 1 unspecified atom stereocenters. The second kappa shape index (κ2) is 12.4. The molecule has 1 aromatic carbocycles. The Morgan fingerprint density at radius 3 is 2.47 bits per heavy atom. The van der Waals surface area contributed by atoms with Crippen LogP contribution < -0.4 is 20.4 Å². The van der Waals surface area contributed by atoms with Gasteiger partial charge in [0.25, 0.3) is 0 Å². The number of piperazine rings is 1. The average molecular weight is 514 g/mol. The van der Waals surface area contributed by atoms with Crippen LogP contribution >= 0.6 is 0 Å². The molecule has 2 aliphatic rings. The fraction of sp³-hybridized carbons (Fsp3) is 0.407. The maximum absolute atomic E-state index is 4.65. The first kappa shape index (κ1) is 25.5. The van der Waals surface area contributed by atoms with E-state index in [1.807, 2.05) is 36.6 Å². The Kier molecular flexibility index (Phi) is 8.34. The van der Waals surface area contributed by atoms with Gasteiger partial charge in [-0.3, -0.25) is 5.01 Å². The van der Waals surface area contributed by atoms with Gasteiger partial charge in [0.1, 0.15) is 6.33 Å². The van der Waals surface area contributed by atoms with Crippen molar-refractivity contribution in [3.05, 3.63) is 72.1 Å². The summed E-state index contributed by atoms with van der Waals surface area (Å²) in [4.78, 5) is 27.0. The van der Waals surface area contributed by atoms with Crippen LogP contribution in [0.15, 0.2) is 66.1 Å². The number of benzene rings is 1. The molecule has 38 heavy (non-hydrogen) atoms.